The normalized spacial score (nSPS) is 24.4. The van der Waals surface area contributed by atoms with Crippen LogP contribution in [-0.4, -0.2) is 24.8 Å². The predicted octanol–water partition coefficient (Wildman–Crippen LogP) is 3.58. The lowest BCUT2D eigenvalue weighted by Crippen LogP contribution is -2.20. The van der Waals surface area contributed by atoms with E-state index in [0.29, 0.717) is 5.92 Å². The number of hydrogen-bond acceptors (Lipinski definition) is 5. The van der Waals surface area contributed by atoms with Crippen molar-refractivity contribution >= 4 is 16.5 Å². The van der Waals surface area contributed by atoms with Gasteiger partial charge in [-0.05, 0) is 12.5 Å². The van der Waals surface area contributed by atoms with Gasteiger partial charge in [0.15, 0.2) is 5.13 Å². The summed E-state index contributed by atoms with van der Waals surface area (Å²) in [6.07, 6.45) is 2.06. The Balaban J connectivity index is 1.51. The molecule has 2 aromatic rings. The van der Waals surface area contributed by atoms with Crippen LogP contribution in [0.2, 0.25) is 0 Å². The molecule has 110 valence electrons. The van der Waals surface area contributed by atoms with Crippen LogP contribution in [0.25, 0.3) is 0 Å². The fourth-order valence-corrected chi connectivity index (χ4v) is 3.79. The molecule has 1 saturated heterocycles. The molecule has 2 aliphatic rings. The summed E-state index contributed by atoms with van der Waals surface area (Å²) in [5.74, 6) is 1.46. The first kappa shape index (κ1) is 13.1. The number of nitrogens with one attached hydrogen (secondary N) is 1. The van der Waals surface area contributed by atoms with Crippen molar-refractivity contribution in [3.63, 3.8) is 0 Å². The van der Waals surface area contributed by atoms with E-state index in [0.717, 1.165) is 43.5 Å². The van der Waals surface area contributed by atoms with Gasteiger partial charge in [0.05, 0.1) is 24.9 Å². The van der Waals surface area contributed by atoms with Crippen molar-refractivity contribution in [1.29, 1.82) is 0 Å². The van der Waals surface area contributed by atoms with Crippen molar-refractivity contribution in [2.24, 2.45) is 0 Å². The van der Waals surface area contributed by atoms with Crippen molar-refractivity contribution < 1.29 is 9.47 Å². The van der Waals surface area contributed by atoms with Crippen LogP contribution < -0.4 is 10.1 Å². The maximum absolute atomic E-state index is 5.70. The van der Waals surface area contributed by atoms with E-state index in [1.165, 1.54) is 11.3 Å². The minimum Gasteiger partial charge on any atom is -0.493 e. The Labute approximate surface area is 128 Å². The standard InChI is InChI=1S/C16H18N2O2S/c1-2-4-15-12(3-1)13(6-8-20-15)17-16-18-14(10-21-16)11-5-7-19-9-11/h1-4,10-11,13H,5-9H2,(H,17,18)/t11-,13-/m1/s1. The molecule has 3 heterocycles. The molecule has 0 unspecified atom stereocenters. The summed E-state index contributed by atoms with van der Waals surface area (Å²) < 4.78 is 11.1. The summed E-state index contributed by atoms with van der Waals surface area (Å²) >= 11 is 1.69. The SMILES string of the molecule is c1ccc2c(c1)OCC[C@H]2Nc1nc([C@@H]2CCOC2)cs1. The van der Waals surface area contributed by atoms with Gasteiger partial charge < -0.3 is 14.8 Å². The van der Waals surface area contributed by atoms with Crippen LogP contribution in [0.1, 0.15) is 36.1 Å². The van der Waals surface area contributed by atoms with Crippen LogP contribution in [0.3, 0.4) is 0 Å². The zero-order valence-corrected chi connectivity index (χ0v) is 12.6. The second kappa shape index (κ2) is 5.66. The summed E-state index contributed by atoms with van der Waals surface area (Å²) in [6.45, 7) is 2.42. The van der Waals surface area contributed by atoms with E-state index in [2.05, 4.69) is 22.8 Å². The molecule has 4 nitrogen and oxygen atoms in total. The maximum atomic E-state index is 5.70. The van der Waals surface area contributed by atoms with Gasteiger partial charge in [0.25, 0.3) is 0 Å². The van der Waals surface area contributed by atoms with Gasteiger partial charge in [-0.1, -0.05) is 18.2 Å². The Hall–Kier alpha value is -1.59. The highest BCUT2D eigenvalue weighted by Crippen LogP contribution is 2.35. The molecule has 21 heavy (non-hydrogen) atoms. The minimum absolute atomic E-state index is 0.286. The first-order chi connectivity index (χ1) is 10.4. The van der Waals surface area contributed by atoms with Gasteiger partial charge >= 0.3 is 0 Å². The molecule has 0 spiro atoms. The van der Waals surface area contributed by atoms with Crippen LogP contribution in [0.15, 0.2) is 29.6 Å². The van der Waals surface area contributed by atoms with Crippen LogP contribution >= 0.6 is 11.3 Å². The molecule has 4 rings (SSSR count). The molecule has 0 radical (unpaired) electrons. The Morgan fingerprint density at radius 3 is 3.05 bits per heavy atom. The topological polar surface area (TPSA) is 43.4 Å². The number of thiazole rings is 1. The largest absolute Gasteiger partial charge is 0.493 e. The number of fused-ring (bicyclic) bond motifs is 1. The molecule has 2 aliphatic heterocycles. The molecule has 1 N–H and O–H groups in total. The number of aromatic nitrogens is 1. The fourth-order valence-electron chi connectivity index (χ4n) is 2.95. The summed E-state index contributed by atoms with van der Waals surface area (Å²) in [5.41, 5.74) is 2.39. The van der Waals surface area contributed by atoms with Gasteiger partial charge in [0.2, 0.25) is 0 Å². The van der Waals surface area contributed by atoms with Gasteiger partial charge in [-0.15, -0.1) is 11.3 Å². The van der Waals surface area contributed by atoms with Gasteiger partial charge in [0.1, 0.15) is 5.75 Å². The van der Waals surface area contributed by atoms with Gasteiger partial charge in [-0.3, -0.25) is 0 Å². The summed E-state index contributed by atoms with van der Waals surface area (Å²) in [4.78, 5) is 4.75. The van der Waals surface area contributed by atoms with Crippen molar-refractivity contribution in [3.05, 3.63) is 40.9 Å². The predicted molar refractivity (Wildman–Crippen MR) is 83.2 cm³/mol. The van der Waals surface area contributed by atoms with E-state index in [1.807, 2.05) is 12.1 Å². The number of ether oxygens (including phenoxy) is 2. The highest BCUT2D eigenvalue weighted by atomic mass is 32.1. The van der Waals surface area contributed by atoms with E-state index < -0.39 is 0 Å². The zero-order chi connectivity index (χ0) is 14.1. The van der Waals surface area contributed by atoms with E-state index in [1.54, 1.807) is 11.3 Å². The molecule has 1 fully saturated rings. The third-order valence-electron chi connectivity index (χ3n) is 4.13. The smallest absolute Gasteiger partial charge is 0.183 e. The first-order valence-electron chi connectivity index (χ1n) is 7.41. The van der Waals surface area contributed by atoms with Crippen molar-refractivity contribution in [3.8, 4) is 5.75 Å². The van der Waals surface area contributed by atoms with Crippen LogP contribution in [0.4, 0.5) is 5.13 Å². The zero-order valence-electron chi connectivity index (χ0n) is 11.7. The molecule has 0 saturated carbocycles. The molecular formula is C16H18N2O2S. The van der Waals surface area contributed by atoms with E-state index in [9.17, 15) is 0 Å². The molecule has 0 aliphatic carbocycles. The average molecular weight is 302 g/mol. The third kappa shape index (κ3) is 2.63. The number of rotatable bonds is 3. The van der Waals surface area contributed by atoms with Crippen molar-refractivity contribution in [2.45, 2.75) is 24.8 Å². The number of anilines is 1. The van der Waals surface area contributed by atoms with Crippen LogP contribution in [0.5, 0.6) is 5.75 Å². The van der Waals surface area contributed by atoms with Gasteiger partial charge in [-0.25, -0.2) is 4.98 Å². The summed E-state index contributed by atoms with van der Waals surface area (Å²) in [5, 5.41) is 6.73. The number of benzene rings is 1. The molecule has 5 heteroatoms. The summed E-state index contributed by atoms with van der Waals surface area (Å²) in [6, 6.07) is 8.53. The maximum Gasteiger partial charge on any atom is 0.183 e. The Kier molecular flexibility index (Phi) is 3.53. The number of nitrogens with zero attached hydrogens (tertiary/aromatic N) is 1. The second-order valence-electron chi connectivity index (χ2n) is 5.51. The highest BCUT2D eigenvalue weighted by molar-refractivity contribution is 7.13. The van der Waals surface area contributed by atoms with Crippen LogP contribution in [-0.2, 0) is 4.74 Å². The second-order valence-corrected chi connectivity index (χ2v) is 6.37. The van der Waals surface area contributed by atoms with Crippen molar-refractivity contribution in [2.75, 3.05) is 25.1 Å². The fraction of sp³-hybridized carbons (Fsp3) is 0.438. The molecule has 2 atom stereocenters. The number of para-hydroxylation sites is 1. The third-order valence-corrected chi connectivity index (χ3v) is 4.92. The summed E-state index contributed by atoms with van der Waals surface area (Å²) in [7, 11) is 0. The van der Waals surface area contributed by atoms with Gasteiger partial charge in [0, 0.05) is 29.9 Å². The molecule has 1 aromatic carbocycles. The molecule has 0 bridgehead atoms. The quantitative estimate of drug-likeness (QED) is 0.941. The molecular weight excluding hydrogens is 284 g/mol. The Morgan fingerprint density at radius 2 is 2.14 bits per heavy atom. The average Bonchev–Trinajstić information content (AvgIpc) is 3.18. The van der Waals surface area contributed by atoms with E-state index in [-0.39, 0.29) is 6.04 Å². The van der Waals surface area contributed by atoms with E-state index >= 15 is 0 Å². The van der Waals surface area contributed by atoms with Crippen molar-refractivity contribution in [1.82, 2.24) is 4.98 Å². The Bertz CT molecular complexity index is 622. The molecule has 1 aromatic heterocycles. The first-order valence-corrected chi connectivity index (χ1v) is 8.29. The Morgan fingerprint density at radius 1 is 1.19 bits per heavy atom. The number of hydrogen-bond donors (Lipinski definition) is 1. The lowest BCUT2D eigenvalue weighted by atomic mass is 10.0. The van der Waals surface area contributed by atoms with Gasteiger partial charge in [-0.2, -0.15) is 0 Å². The van der Waals surface area contributed by atoms with E-state index in [4.69, 9.17) is 14.5 Å². The lowest BCUT2D eigenvalue weighted by molar-refractivity contribution is 0.193. The minimum atomic E-state index is 0.286. The lowest BCUT2D eigenvalue weighted by Gasteiger charge is -2.26. The highest BCUT2D eigenvalue weighted by Gasteiger charge is 2.24. The van der Waals surface area contributed by atoms with Crippen LogP contribution in [0, 0.1) is 0 Å². The monoisotopic (exact) mass is 302 g/mol. The molecule has 0 amide bonds.